The summed E-state index contributed by atoms with van der Waals surface area (Å²) in [6.45, 7) is 4.20. The van der Waals surface area contributed by atoms with Crippen LogP contribution in [-0.4, -0.2) is 59.3 Å². The van der Waals surface area contributed by atoms with Crippen molar-refractivity contribution in [2.24, 2.45) is 23.2 Å². The number of nitrogens with zero attached hydrogens (tertiary/aromatic N) is 3. The summed E-state index contributed by atoms with van der Waals surface area (Å²) in [5.74, 6) is 2.70. The Morgan fingerprint density at radius 1 is 1.03 bits per heavy atom. The maximum atomic E-state index is 12.7. The summed E-state index contributed by atoms with van der Waals surface area (Å²) in [4.78, 5) is 33.7. The monoisotopic (exact) mass is 410 g/mol. The largest absolute Gasteiger partial charge is 0.347 e. The van der Waals surface area contributed by atoms with E-state index >= 15 is 0 Å². The average molecular weight is 411 g/mol. The molecule has 0 unspecified atom stereocenters. The summed E-state index contributed by atoms with van der Waals surface area (Å²) in [7, 11) is 0. The van der Waals surface area contributed by atoms with E-state index in [4.69, 9.17) is 0 Å². The summed E-state index contributed by atoms with van der Waals surface area (Å²) in [6, 6.07) is 4.05. The lowest BCUT2D eigenvalue weighted by molar-refractivity contribution is -0.136. The quantitative estimate of drug-likeness (QED) is 0.782. The van der Waals surface area contributed by atoms with Crippen LogP contribution in [0, 0.1) is 23.2 Å². The summed E-state index contributed by atoms with van der Waals surface area (Å²) in [6.07, 6.45) is 12.2. The van der Waals surface area contributed by atoms with Gasteiger partial charge in [0.1, 0.15) is 0 Å². The predicted octanol–water partition coefficient (Wildman–Crippen LogP) is 2.45. The molecule has 4 saturated carbocycles. The van der Waals surface area contributed by atoms with Gasteiger partial charge in [0.05, 0.1) is 6.54 Å². The van der Waals surface area contributed by atoms with Crippen LogP contribution in [0.1, 0.15) is 50.5 Å². The molecule has 0 spiro atoms. The van der Waals surface area contributed by atoms with Gasteiger partial charge in [-0.15, -0.1) is 0 Å². The zero-order valence-corrected chi connectivity index (χ0v) is 17.9. The van der Waals surface area contributed by atoms with E-state index in [-0.39, 0.29) is 23.8 Å². The third kappa shape index (κ3) is 4.39. The lowest BCUT2D eigenvalue weighted by atomic mass is 9.49. The highest BCUT2D eigenvalue weighted by Gasteiger charge is 2.51. The van der Waals surface area contributed by atoms with Gasteiger partial charge in [0.15, 0.2) is 0 Å². The van der Waals surface area contributed by atoms with E-state index in [1.54, 1.807) is 6.20 Å². The smallest absolute Gasteiger partial charge is 0.242 e. The van der Waals surface area contributed by atoms with Crippen LogP contribution in [-0.2, 0) is 16.1 Å². The molecule has 0 atom stereocenters. The van der Waals surface area contributed by atoms with Gasteiger partial charge in [-0.2, -0.15) is 0 Å². The number of rotatable bonds is 6. The summed E-state index contributed by atoms with van der Waals surface area (Å²) in [5, 5.41) is 2.95. The second-order valence-electron chi connectivity index (χ2n) is 10.4. The normalized spacial score (nSPS) is 32.9. The third-order valence-corrected chi connectivity index (χ3v) is 7.99. The van der Waals surface area contributed by atoms with Crippen LogP contribution >= 0.6 is 0 Å². The highest BCUT2D eigenvalue weighted by atomic mass is 16.2. The molecule has 30 heavy (non-hydrogen) atoms. The Morgan fingerprint density at radius 2 is 1.70 bits per heavy atom. The van der Waals surface area contributed by atoms with E-state index in [1.165, 1.54) is 44.1 Å². The van der Waals surface area contributed by atoms with E-state index in [0.29, 0.717) is 6.42 Å². The van der Waals surface area contributed by atoms with Crippen molar-refractivity contribution < 1.29 is 9.59 Å². The Bertz CT molecular complexity index is 737. The van der Waals surface area contributed by atoms with Gasteiger partial charge in [0.2, 0.25) is 11.8 Å². The number of piperazine rings is 1. The maximum Gasteiger partial charge on any atom is 0.242 e. The minimum Gasteiger partial charge on any atom is -0.347 e. The van der Waals surface area contributed by atoms with Crippen molar-refractivity contribution in [3.8, 4) is 0 Å². The summed E-state index contributed by atoms with van der Waals surface area (Å²) in [5.41, 5.74) is 1.44. The lowest BCUT2D eigenvalue weighted by Crippen LogP contribution is -2.51. The zero-order chi connectivity index (χ0) is 20.6. The number of aromatic nitrogens is 1. The molecule has 1 aromatic heterocycles. The minimum atomic E-state index is 0.0508. The van der Waals surface area contributed by atoms with Crippen molar-refractivity contribution in [2.45, 2.75) is 51.5 Å². The Labute approximate surface area is 179 Å². The highest BCUT2D eigenvalue weighted by molar-refractivity contribution is 5.85. The topological polar surface area (TPSA) is 65.5 Å². The van der Waals surface area contributed by atoms with E-state index in [2.05, 4.69) is 21.3 Å². The van der Waals surface area contributed by atoms with E-state index in [9.17, 15) is 9.59 Å². The molecule has 0 radical (unpaired) electrons. The standard InChI is InChI=1S/C24H34N4O2/c29-22(14-24-11-19-8-20(12-24)10-21(9-19)13-24)26-16-23(30)28-6-4-27(5-7-28)17-18-2-1-3-25-15-18/h1-3,15,19-21H,4-14,16-17H2,(H,26,29). The number of hydrogen-bond donors (Lipinski definition) is 1. The number of carbonyl (C=O) groups is 2. The van der Waals surface area contributed by atoms with Crippen molar-refractivity contribution in [1.82, 2.24) is 20.1 Å². The summed E-state index contributed by atoms with van der Waals surface area (Å²) >= 11 is 0. The molecule has 6 heteroatoms. The predicted molar refractivity (Wildman–Crippen MR) is 114 cm³/mol. The minimum absolute atomic E-state index is 0.0508. The number of pyridine rings is 1. The van der Waals surface area contributed by atoms with Gasteiger partial charge >= 0.3 is 0 Å². The SMILES string of the molecule is O=C(CC12CC3CC(CC(C3)C1)C2)NCC(=O)N1CCN(Cc2cccnc2)CC1. The van der Waals surface area contributed by atoms with Crippen LogP contribution in [0.15, 0.2) is 24.5 Å². The Morgan fingerprint density at radius 3 is 2.30 bits per heavy atom. The zero-order valence-electron chi connectivity index (χ0n) is 17.9. The van der Waals surface area contributed by atoms with E-state index in [1.807, 2.05) is 17.2 Å². The molecule has 1 aliphatic heterocycles. The molecule has 5 aliphatic rings. The van der Waals surface area contributed by atoms with Gasteiger partial charge in [-0.3, -0.25) is 19.5 Å². The van der Waals surface area contributed by atoms with E-state index in [0.717, 1.165) is 50.5 Å². The molecule has 2 amide bonds. The van der Waals surface area contributed by atoms with Crippen LogP contribution in [0.25, 0.3) is 0 Å². The fourth-order valence-electron chi connectivity index (χ4n) is 7.10. The van der Waals surface area contributed by atoms with Crippen molar-refractivity contribution in [1.29, 1.82) is 0 Å². The Kier molecular flexibility index (Phi) is 5.52. The van der Waals surface area contributed by atoms with Crippen molar-refractivity contribution >= 4 is 11.8 Å². The van der Waals surface area contributed by atoms with Crippen molar-refractivity contribution in [3.05, 3.63) is 30.1 Å². The first-order chi connectivity index (χ1) is 14.6. The molecule has 1 aromatic rings. The molecule has 2 heterocycles. The van der Waals surface area contributed by atoms with Crippen LogP contribution in [0.5, 0.6) is 0 Å². The van der Waals surface area contributed by atoms with Gasteiger partial charge in [0.25, 0.3) is 0 Å². The lowest BCUT2D eigenvalue weighted by Gasteiger charge is -2.56. The number of hydrogen-bond acceptors (Lipinski definition) is 4. The van der Waals surface area contributed by atoms with Crippen LogP contribution in [0.3, 0.4) is 0 Å². The number of amides is 2. The van der Waals surface area contributed by atoms with Crippen LogP contribution in [0.4, 0.5) is 0 Å². The molecule has 1 saturated heterocycles. The second kappa shape index (κ2) is 8.29. The average Bonchev–Trinajstić information content (AvgIpc) is 2.72. The third-order valence-electron chi connectivity index (χ3n) is 7.99. The fraction of sp³-hybridized carbons (Fsp3) is 0.708. The van der Waals surface area contributed by atoms with E-state index < -0.39 is 0 Å². The molecule has 6 rings (SSSR count). The first-order valence-electron chi connectivity index (χ1n) is 11.7. The van der Waals surface area contributed by atoms with Gasteiger partial charge < -0.3 is 10.2 Å². The van der Waals surface area contributed by atoms with Gasteiger partial charge in [0, 0.05) is 51.5 Å². The molecule has 6 nitrogen and oxygen atoms in total. The highest BCUT2D eigenvalue weighted by Crippen LogP contribution is 2.61. The number of carbonyl (C=O) groups excluding carboxylic acids is 2. The first-order valence-corrected chi connectivity index (χ1v) is 11.7. The molecule has 0 aromatic carbocycles. The molecule has 162 valence electrons. The van der Waals surface area contributed by atoms with Crippen molar-refractivity contribution in [2.75, 3.05) is 32.7 Å². The molecular weight excluding hydrogens is 376 g/mol. The molecule has 1 N–H and O–H groups in total. The molecule has 5 fully saturated rings. The van der Waals surface area contributed by atoms with Gasteiger partial charge in [-0.05, 0) is 73.3 Å². The second-order valence-corrected chi connectivity index (χ2v) is 10.4. The van der Waals surface area contributed by atoms with Crippen molar-refractivity contribution in [3.63, 3.8) is 0 Å². The Hall–Kier alpha value is -1.95. The maximum absolute atomic E-state index is 12.7. The molecule has 4 aliphatic carbocycles. The number of nitrogens with one attached hydrogen (secondary N) is 1. The fourth-order valence-corrected chi connectivity index (χ4v) is 7.10. The molecule has 4 bridgehead atoms. The van der Waals surface area contributed by atoms with Crippen LogP contribution in [0.2, 0.25) is 0 Å². The van der Waals surface area contributed by atoms with Gasteiger partial charge in [-0.1, -0.05) is 6.07 Å². The van der Waals surface area contributed by atoms with Gasteiger partial charge in [-0.25, -0.2) is 0 Å². The van der Waals surface area contributed by atoms with Crippen LogP contribution < -0.4 is 5.32 Å². The summed E-state index contributed by atoms with van der Waals surface area (Å²) < 4.78 is 0. The Balaban J connectivity index is 1.05. The first kappa shape index (κ1) is 20.0. The molecular formula is C24H34N4O2.